The second-order valence-electron chi connectivity index (χ2n) is 7.00. The van der Waals surface area contributed by atoms with Crippen molar-refractivity contribution in [1.82, 2.24) is 5.32 Å². The Balaban J connectivity index is 2.00. The molecule has 4 heteroatoms. The summed E-state index contributed by atoms with van der Waals surface area (Å²) in [5, 5.41) is 5.50. The second kappa shape index (κ2) is 6.20. The third-order valence-electron chi connectivity index (χ3n) is 4.13. The number of hydrogen-bond donors (Lipinski definition) is 1. The molecule has 1 aliphatic rings. The van der Waals surface area contributed by atoms with E-state index in [0.717, 1.165) is 37.0 Å². The molecule has 0 unspecified atom stereocenters. The summed E-state index contributed by atoms with van der Waals surface area (Å²) in [7, 11) is 0. The lowest BCUT2D eigenvalue weighted by Gasteiger charge is -2.30. The highest BCUT2D eigenvalue weighted by molar-refractivity contribution is 5.99. The van der Waals surface area contributed by atoms with E-state index in [1.807, 2.05) is 45.0 Å². The van der Waals surface area contributed by atoms with Crippen LogP contribution in [0.3, 0.4) is 0 Å². The first-order chi connectivity index (χ1) is 11.0. The number of rotatable bonds is 2. The molecule has 1 aliphatic heterocycles. The van der Waals surface area contributed by atoms with Crippen molar-refractivity contribution >= 4 is 22.4 Å². The summed E-state index contributed by atoms with van der Waals surface area (Å²) in [6, 6.07) is 12.1. The minimum absolute atomic E-state index is 0.211. The third-order valence-corrected chi connectivity index (χ3v) is 4.13. The fourth-order valence-electron chi connectivity index (χ4n) is 2.79. The average molecular weight is 312 g/mol. The predicted molar refractivity (Wildman–Crippen MR) is 94.1 cm³/mol. The van der Waals surface area contributed by atoms with Gasteiger partial charge in [0.2, 0.25) is 0 Å². The highest BCUT2D eigenvalue weighted by atomic mass is 16.5. The molecule has 2 aromatic rings. The largest absolute Gasteiger partial charge is 0.425 e. The molecule has 1 heterocycles. The predicted octanol–water partition coefficient (Wildman–Crippen LogP) is 3.20. The van der Waals surface area contributed by atoms with Crippen molar-refractivity contribution in [3.05, 3.63) is 36.4 Å². The molecule has 3 rings (SSSR count). The molecule has 0 amide bonds. The first kappa shape index (κ1) is 15.8. The number of benzene rings is 2. The van der Waals surface area contributed by atoms with Crippen molar-refractivity contribution in [2.75, 3.05) is 31.1 Å². The van der Waals surface area contributed by atoms with Crippen molar-refractivity contribution in [3.63, 3.8) is 0 Å². The zero-order valence-corrected chi connectivity index (χ0v) is 14.1. The Morgan fingerprint density at radius 3 is 2.39 bits per heavy atom. The Kier molecular flexibility index (Phi) is 4.26. The Hall–Kier alpha value is -2.07. The van der Waals surface area contributed by atoms with E-state index in [1.165, 1.54) is 5.69 Å². The number of fused-ring (bicyclic) bond motifs is 1. The van der Waals surface area contributed by atoms with E-state index < -0.39 is 5.41 Å². The molecule has 4 nitrogen and oxygen atoms in total. The van der Waals surface area contributed by atoms with Crippen LogP contribution in [-0.4, -0.2) is 32.1 Å². The van der Waals surface area contributed by atoms with Crippen molar-refractivity contribution in [2.45, 2.75) is 20.8 Å². The molecule has 0 atom stereocenters. The Morgan fingerprint density at radius 1 is 1.04 bits per heavy atom. The Bertz CT molecular complexity index is 713. The maximum atomic E-state index is 12.2. The standard InChI is InChI=1S/C19H24N2O2/c1-19(2,3)18(22)23-17-9-5-6-14-15(17)7-4-8-16(14)21-12-10-20-11-13-21/h4-9,20H,10-13H2,1-3H3. The number of carbonyl (C=O) groups is 1. The van der Waals surface area contributed by atoms with Gasteiger partial charge in [0.1, 0.15) is 5.75 Å². The first-order valence-electron chi connectivity index (χ1n) is 8.16. The van der Waals surface area contributed by atoms with Gasteiger partial charge in [-0.3, -0.25) is 4.79 Å². The fraction of sp³-hybridized carbons (Fsp3) is 0.421. The summed E-state index contributed by atoms with van der Waals surface area (Å²) in [6.07, 6.45) is 0. The van der Waals surface area contributed by atoms with Crippen LogP contribution < -0.4 is 15.0 Å². The molecule has 0 spiro atoms. The van der Waals surface area contributed by atoms with E-state index in [-0.39, 0.29) is 5.97 Å². The van der Waals surface area contributed by atoms with E-state index in [2.05, 4.69) is 22.3 Å². The van der Waals surface area contributed by atoms with Gasteiger partial charge in [0.05, 0.1) is 5.41 Å². The lowest BCUT2D eigenvalue weighted by atomic mass is 9.97. The summed E-state index contributed by atoms with van der Waals surface area (Å²) in [5.74, 6) is 0.428. The Labute approximate surface area is 137 Å². The molecule has 0 saturated carbocycles. The number of carbonyl (C=O) groups excluding carboxylic acids is 1. The van der Waals surface area contributed by atoms with Gasteiger partial charge in [-0.25, -0.2) is 0 Å². The van der Waals surface area contributed by atoms with Crippen LogP contribution in [0, 0.1) is 5.41 Å². The number of ether oxygens (including phenoxy) is 1. The molecule has 1 saturated heterocycles. The summed E-state index contributed by atoms with van der Waals surface area (Å²) in [5.41, 5.74) is 0.691. The molecule has 122 valence electrons. The number of nitrogens with zero attached hydrogens (tertiary/aromatic N) is 1. The Morgan fingerprint density at radius 2 is 1.70 bits per heavy atom. The highest BCUT2D eigenvalue weighted by Crippen LogP contribution is 2.34. The van der Waals surface area contributed by atoms with Crippen LogP contribution in [0.1, 0.15) is 20.8 Å². The van der Waals surface area contributed by atoms with Crippen LogP contribution >= 0.6 is 0 Å². The minimum atomic E-state index is -0.516. The monoisotopic (exact) mass is 312 g/mol. The number of piperazine rings is 1. The van der Waals surface area contributed by atoms with Crippen LogP contribution in [-0.2, 0) is 4.79 Å². The molecule has 0 aromatic heterocycles. The number of nitrogens with one attached hydrogen (secondary N) is 1. The van der Waals surface area contributed by atoms with Gasteiger partial charge in [-0.15, -0.1) is 0 Å². The molecule has 0 aliphatic carbocycles. The van der Waals surface area contributed by atoms with Crippen molar-refractivity contribution < 1.29 is 9.53 Å². The number of hydrogen-bond acceptors (Lipinski definition) is 4. The normalized spacial score (nSPS) is 15.7. The van der Waals surface area contributed by atoms with E-state index in [4.69, 9.17) is 4.74 Å². The molecule has 1 fully saturated rings. The molecule has 2 aromatic carbocycles. The minimum Gasteiger partial charge on any atom is -0.425 e. The van der Waals surface area contributed by atoms with Gasteiger partial charge in [-0.1, -0.05) is 24.3 Å². The van der Waals surface area contributed by atoms with Crippen molar-refractivity contribution in [2.24, 2.45) is 5.41 Å². The SMILES string of the molecule is CC(C)(C)C(=O)Oc1cccc2c(N3CCNCC3)cccc12. The summed E-state index contributed by atoms with van der Waals surface area (Å²) in [6.45, 7) is 9.58. The van der Waals surface area contributed by atoms with E-state index in [9.17, 15) is 4.79 Å². The summed E-state index contributed by atoms with van der Waals surface area (Å²) >= 11 is 0. The number of anilines is 1. The van der Waals surface area contributed by atoms with E-state index in [1.54, 1.807) is 0 Å². The van der Waals surface area contributed by atoms with Crippen LogP contribution in [0.4, 0.5) is 5.69 Å². The van der Waals surface area contributed by atoms with Crippen LogP contribution in [0.25, 0.3) is 10.8 Å². The van der Waals surface area contributed by atoms with Gasteiger partial charge in [-0.2, -0.15) is 0 Å². The summed E-state index contributed by atoms with van der Waals surface area (Å²) < 4.78 is 5.66. The molecule has 0 bridgehead atoms. The third kappa shape index (κ3) is 3.32. The van der Waals surface area contributed by atoms with Gasteiger partial charge < -0.3 is 15.0 Å². The van der Waals surface area contributed by atoms with E-state index >= 15 is 0 Å². The maximum absolute atomic E-state index is 12.2. The van der Waals surface area contributed by atoms with Gasteiger partial charge >= 0.3 is 5.97 Å². The second-order valence-corrected chi connectivity index (χ2v) is 7.00. The van der Waals surface area contributed by atoms with Crippen LogP contribution in [0.2, 0.25) is 0 Å². The summed E-state index contributed by atoms with van der Waals surface area (Å²) in [4.78, 5) is 14.6. The molecular weight excluding hydrogens is 288 g/mol. The average Bonchev–Trinajstić information content (AvgIpc) is 2.54. The van der Waals surface area contributed by atoms with E-state index in [0.29, 0.717) is 5.75 Å². The smallest absolute Gasteiger partial charge is 0.316 e. The van der Waals surface area contributed by atoms with Crippen molar-refractivity contribution in [1.29, 1.82) is 0 Å². The molecular formula is C19H24N2O2. The zero-order valence-electron chi connectivity index (χ0n) is 14.1. The van der Waals surface area contributed by atoms with Gasteiger partial charge in [0, 0.05) is 42.6 Å². The topological polar surface area (TPSA) is 41.6 Å². The molecule has 0 radical (unpaired) electrons. The molecule has 23 heavy (non-hydrogen) atoms. The van der Waals surface area contributed by atoms with Gasteiger partial charge in [-0.05, 0) is 32.9 Å². The van der Waals surface area contributed by atoms with Gasteiger partial charge in [0.25, 0.3) is 0 Å². The van der Waals surface area contributed by atoms with Crippen molar-refractivity contribution in [3.8, 4) is 5.75 Å². The first-order valence-corrected chi connectivity index (χ1v) is 8.16. The van der Waals surface area contributed by atoms with Crippen LogP contribution in [0.5, 0.6) is 5.75 Å². The lowest BCUT2D eigenvalue weighted by molar-refractivity contribution is -0.142. The maximum Gasteiger partial charge on any atom is 0.316 e. The zero-order chi connectivity index (χ0) is 16.4. The van der Waals surface area contributed by atoms with Crippen LogP contribution in [0.15, 0.2) is 36.4 Å². The quantitative estimate of drug-likeness (QED) is 0.683. The fourth-order valence-corrected chi connectivity index (χ4v) is 2.79. The van der Waals surface area contributed by atoms with Gasteiger partial charge in [0.15, 0.2) is 0 Å². The highest BCUT2D eigenvalue weighted by Gasteiger charge is 2.24. The number of esters is 1. The molecule has 1 N–H and O–H groups in total. The lowest BCUT2D eigenvalue weighted by Crippen LogP contribution is -2.43.